The molecule has 0 saturated heterocycles. The number of nitrogens with zero attached hydrogens (tertiary/aromatic N) is 3. The summed E-state index contributed by atoms with van der Waals surface area (Å²) in [6, 6.07) is 5.43. The zero-order valence-corrected chi connectivity index (χ0v) is 23.3. The van der Waals surface area contributed by atoms with Crippen LogP contribution in [0, 0.1) is 0 Å². The number of fused-ring (bicyclic) bond motifs is 3. The molecular weight excluding hydrogens is 518 g/mol. The summed E-state index contributed by atoms with van der Waals surface area (Å²) in [4.78, 5) is 26.4. The number of cyclic esters (lactones) is 1. The highest BCUT2D eigenvalue weighted by molar-refractivity contribution is 7.91. The molecule has 4 heterocycles. The SMILES string of the molecule is CC[C@@](C)(N)c1cnc(O[C@H]2C[C@@H](S(C)(=O)=O)C2)c2cnc(Nc3ccc4c(n3)C3(CC3)[C@@H](C)OC4=O)cc12. The van der Waals surface area contributed by atoms with Crippen LogP contribution in [0.15, 0.2) is 30.6 Å². The predicted octanol–water partition coefficient (Wildman–Crippen LogP) is 3.90. The maximum Gasteiger partial charge on any atom is 0.340 e. The molecule has 1 spiro atoms. The number of pyridine rings is 3. The Bertz CT molecular complexity index is 1600. The number of hydrogen-bond acceptors (Lipinski definition) is 10. The topological polar surface area (TPSA) is 146 Å². The van der Waals surface area contributed by atoms with Crippen molar-refractivity contribution >= 4 is 38.2 Å². The summed E-state index contributed by atoms with van der Waals surface area (Å²) >= 11 is 0. The zero-order valence-electron chi connectivity index (χ0n) is 22.5. The summed E-state index contributed by atoms with van der Waals surface area (Å²) in [5.41, 5.74) is 7.97. The largest absolute Gasteiger partial charge is 0.474 e. The molecule has 0 bridgehead atoms. The normalized spacial score (nSPS) is 24.8. The fourth-order valence-corrected chi connectivity index (χ4v) is 6.68. The minimum absolute atomic E-state index is 0.202. The lowest BCUT2D eigenvalue weighted by atomic mass is 9.88. The quantitative estimate of drug-likeness (QED) is 0.415. The Hall–Kier alpha value is -3.31. The van der Waals surface area contributed by atoms with Crippen molar-refractivity contribution in [2.24, 2.45) is 5.73 Å². The van der Waals surface area contributed by atoms with Gasteiger partial charge in [-0.1, -0.05) is 6.92 Å². The molecule has 10 nitrogen and oxygen atoms in total. The lowest BCUT2D eigenvalue weighted by molar-refractivity contribution is 0.0183. The van der Waals surface area contributed by atoms with E-state index in [0.29, 0.717) is 47.7 Å². The smallest absolute Gasteiger partial charge is 0.340 e. The van der Waals surface area contributed by atoms with Crippen molar-refractivity contribution in [3.05, 3.63) is 47.4 Å². The molecule has 0 aromatic carbocycles. The van der Waals surface area contributed by atoms with Gasteiger partial charge in [-0.2, -0.15) is 0 Å². The molecular formula is C28H33N5O5S. The number of nitrogens with one attached hydrogen (secondary N) is 1. The minimum atomic E-state index is -3.08. The molecule has 2 aliphatic carbocycles. The van der Waals surface area contributed by atoms with Crippen molar-refractivity contribution in [2.45, 2.75) is 81.3 Å². The number of ether oxygens (including phenoxy) is 2. The molecule has 0 unspecified atom stereocenters. The molecule has 2 atom stereocenters. The number of nitrogens with two attached hydrogens (primary N) is 1. The molecule has 3 aromatic heterocycles. The van der Waals surface area contributed by atoms with Gasteiger partial charge in [0.15, 0.2) is 9.84 Å². The molecule has 2 fully saturated rings. The summed E-state index contributed by atoms with van der Waals surface area (Å²) < 4.78 is 35.3. The highest BCUT2D eigenvalue weighted by Gasteiger charge is 2.56. The van der Waals surface area contributed by atoms with E-state index < -0.39 is 15.4 Å². The van der Waals surface area contributed by atoms with Crippen LogP contribution in [0.3, 0.4) is 0 Å². The summed E-state index contributed by atoms with van der Waals surface area (Å²) in [7, 11) is -3.08. The van der Waals surface area contributed by atoms with Crippen LogP contribution in [0.5, 0.6) is 5.88 Å². The third-order valence-corrected chi connectivity index (χ3v) is 10.3. The third kappa shape index (κ3) is 4.41. The first kappa shape index (κ1) is 25.9. The second kappa shape index (κ2) is 8.85. The molecule has 1 aliphatic heterocycles. The van der Waals surface area contributed by atoms with Crippen LogP contribution in [0.1, 0.15) is 74.5 Å². The summed E-state index contributed by atoms with van der Waals surface area (Å²) in [5, 5.41) is 4.47. The zero-order chi connectivity index (χ0) is 27.7. The Morgan fingerprint density at radius 3 is 2.59 bits per heavy atom. The van der Waals surface area contributed by atoms with Crippen LogP contribution in [0.2, 0.25) is 0 Å². The Labute approximate surface area is 227 Å². The van der Waals surface area contributed by atoms with Crippen molar-refractivity contribution in [2.75, 3.05) is 11.6 Å². The molecule has 0 radical (unpaired) electrons. The second-order valence-corrected chi connectivity index (χ2v) is 13.8. The number of carbonyl (C=O) groups is 1. The number of rotatable bonds is 7. The van der Waals surface area contributed by atoms with Crippen molar-refractivity contribution in [3.63, 3.8) is 0 Å². The van der Waals surface area contributed by atoms with E-state index >= 15 is 0 Å². The van der Waals surface area contributed by atoms with Gasteiger partial charge in [0.1, 0.15) is 23.8 Å². The van der Waals surface area contributed by atoms with E-state index in [4.69, 9.17) is 20.2 Å². The first-order valence-electron chi connectivity index (χ1n) is 13.3. The molecule has 3 aliphatic rings. The van der Waals surface area contributed by atoms with Crippen molar-refractivity contribution in [3.8, 4) is 5.88 Å². The number of esters is 1. The van der Waals surface area contributed by atoms with Gasteiger partial charge in [-0.05, 0) is 62.3 Å². The minimum Gasteiger partial charge on any atom is -0.474 e. The van der Waals surface area contributed by atoms with Crippen LogP contribution in [0.4, 0.5) is 11.6 Å². The summed E-state index contributed by atoms with van der Waals surface area (Å²) in [5.74, 6) is 1.23. The Morgan fingerprint density at radius 2 is 1.92 bits per heavy atom. The van der Waals surface area contributed by atoms with E-state index in [1.165, 1.54) is 6.26 Å². The van der Waals surface area contributed by atoms with Crippen molar-refractivity contribution < 1.29 is 22.7 Å². The lowest BCUT2D eigenvalue weighted by Gasteiger charge is -2.34. The Balaban J connectivity index is 1.34. The average Bonchev–Trinajstić information content (AvgIpc) is 3.66. The number of hydrogen-bond donors (Lipinski definition) is 2. The van der Waals surface area contributed by atoms with Crippen molar-refractivity contribution in [1.82, 2.24) is 15.0 Å². The van der Waals surface area contributed by atoms with E-state index in [-0.39, 0.29) is 28.8 Å². The standard InChI is InChI=1S/C28H33N5O5S/c1-5-27(3,29)21-14-31-25(38-16-10-17(11-16)39(4,35)36)20-13-30-23(12-19(20)21)32-22-7-6-18-24(33-22)28(8-9-28)15(2)37-26(18)34/h6-7,12-17H,5,8-11,29H2,1-4H3,(H,30,32,33)/t15-,16-,17+,27-/m1/s1. The van der Waals surface area contributed by atoms with Gasteiger partial charge in [-0.3, -0.25) is 0 Å². The molecule has 2 saturated carbocycles. The number of anilines is 2. The van der Waals surface area contributed by atoms with Crippen LogP contribution in [0.25, 0.3) is 10.8 Å². The van der Waals surface area contributed by atoms with Crippen LogP contribution in [-0.2, 0) is 25.5 Å². The monoisotopic (exact) mass is 551 g/mol. The maximum absolute atomic E-state index is 12.4. The molecule has 6 rings (SSSR count). The van der Waals surface area contributed by atoms with E-state index in [2.05, 4.69) is 15.3 Å². The van der Waals surface area contributed by atoms with Gasteiger partial charge in [-0.25, -0.2) is 28.2 Å². The summed E-state index contributed by atoms with van der Waals surface area (Å²) in [6.45, 7) is 5.91. The summed E-state index contributed by atoms with van der Waals surface area (Å²) in [6.07, 6.45) is 7.73. The number of aromatic nitrogens is 3. The molecule has 0 amide bonds. The van der Waals surface area contributed by atoms with Gasteiger partial charge in [0.2, 0.25) is 5.88 Å². The van der Waals surface area contributed by atoms with E-state index in [1.807, 2.05) is 26.8 Å². The van der Waals surface area contributed by atoms with E-state index in [9.17, 15) is 13.2 Å². The third-order valence-electron chi connectivity index (χ3n) is 8.71. The maximum atomic E-state index is 12.4. The fourth-order valence-electron chi connectivity index (χ4n) is 5.55. The highest BCUT2D eigenvalue weighted by Crippen LogP contribution is 2.54. The van der Waals surface area contributed by atoms with Crippen LogP contribution >= 0.6 is 0 Å². The number of sulfone groups is 1. The van der Waals surface area contributed by atoms with Gasteiger partial charge in [0.05, 0.1) is 27.3 Å². The predicted molar refractivity (Wildman–Crippen MR) is 147 cm³/mol. The van der Waals surface area contributed by atoms with Crippen LogP contribution in [-0.4, -0.2) is 53.1 Å². The number of carbonyl (C=O) groups excluding carboxylic acids is 1. The highest BCUT2D eigenvalue weighted by atomic mass is 32.2. The second-order valence-electron chi connectivity index (χ2n) is 11.4. The Kier molecular flexibility index (Phi) is 5.89. The molecule has 206 valence electrons. The van der Waals surface area contributed by atoms with E-state index in [0.717, 1.165) is 29.5 Å². The molecule has 11 heteroatoms. The van der Waals surface area contributed by atoms with Gasteiger partial charge in [0.25, 0.3) is 0 Å². The average molecular weight is 552 g/mol. The molecule has 3 N–H and O–H groups in total. The fraction of sp³-hybridized carbons (Fsp3) is 0.500. The van der Waals surface area contributed by atoms with Crippen molar-refractivity contribution in [1.29, 1.82) is 0 Å². The van der Waals surface area contributed by atoms with Gasteiger partial charge in [0, 0.05) is 37.0 Å². The molecule has 39 heavy (non-hydrogen) atoms. The van der Waals surface area contributed by atoms with E-state index in [1.54, 1.807) is 24.5 Å². The van der Waals surface area contributed by atoms with Gasteiger partial charge >= 0.3 is 5.97 Å². The first-order valence-corrected chi connectivity index (χ1v) is 15.3. The van der Waals surface area contributed by atoms with Crippen LogP contribution < -0.4 is 15.8 Å². The Morgan fingerprint density at radius 1 is 1.18 bits per heavy atom. The lowest BCUT2D eigenvalue weighted by Crippen LogP contribution is -2.42. The first-order chi connectivity index (χ1) is 18.4. The molecule has 3 aromatic rings. The van der Waals surface area contributed by atoms with Gasteiger partial charge < -0.3 is 20.5 Å². The van der Waals surface area contributed by atoms with Gasteiger partial charge in [-0.15, -0.1) is 0 Å².